The zero-order chi connectivity index (χ0) is 52.0. The molecule has 0 saturated heterocycles. The van der Waals surface area contributed by atoms with Crippen molar-refractivity contribution in [1.29, 1.82) is 0 Å². The van der Waals surface area contributed by atoms with E-state index in [4.69, 9.17) is 0 Å². The Labute approximate surface area is 455 Å². The number of hydrogen-bond acceptors (Lipinski definition) is 0. The van der Waals surface area contributed by atoms with Gasteiger partial charge in [0.15, 0.2) is 0 Å². The molecule has 0 amide bonds. The molecular weight excluding hydrogens is 937 g/mol. The first-order chi connectivity index (χ1) is 38.2. The Morgan fingerprint density at radius 2 is 0.474 bits per heavy atom. The molecular formula is C78H54. The summed E-state index contributed by atoms with van der Waals surface area (Å²) in [5, 5.41) is 15.1. The fourth-order valence-electron chi connectivity index (χ4n) is 14.3. The van der Waals surface area contributed by atoms with Crippen molar-refractivity contribution in [2.24, 2.45) is 0 Å². The Morgan fingerprint density at radius 3 is 0.962 bits per heavy atom. The summed E-state index contributed by atoms with van der Waals surface area (Å²) in [7, 11) is 0. The second kappa shape index (κ2) is 16.6. The Balaban J connectivity index is 0.956. The zero-order valence-electron chi connectivity index (χ0n) is 44.2. The molecule has 0 saturated carbocycles. The molecule has 0 aromatic heterocycles. The van der Waals surface area contributed by atoms with Gasteiger partial charge in [-0.2, -0.15) is 0 Å². The van der Waals surface area contributed by atoms with E-state index in [0.29, 0.717) is 0 Å². The summed E-state index contributed by atoms with van der Waals surface area (Å²) in [5.41, 5.74) is 23.0. The molecule has 2 aliphatic rings. The van der Waals surface area contributed by atoms with E-state index in [1.165, 1.54) is 165 Å². The topological polar surface area (TPSA) is 0 Å². The summed E-state index contributed by atoms with van der Waals surface area (Å²) in [5.74, 6) is 0. The molecule has 14 aromatic carbocycles. The number of fused-ring (bicyclic) bond motifs is 16. The lowest BCUT2D eigenvalue weighted by Crippen LogP contribution is -2.14. The van der Waals surface area contributed by atoms with Gasteiger partial charge >= 0.3 is 0 Å². The third-order valence-electron chi connectivity index (χ3n) is 18.2. The second-order valence-electron chi connectivity index (χ2n) is 23.1. The van der Waals surface area contributed by atoms with E-state index in [-0.39, 0.29) is 10.8 Å². The van der Waals surface area contributed by atoms with Crippen molar-refractivity contribution in [3.63, 3.8) is 0 Å². The first-order valence-corrected chi connectivity index (χ1v) is 27.6. The molecule has 2 aliphatic carbocycles. The summed E-state index contributed by atoms with van der Waals surface area (Å²) in [4.78, 5) is 0. The highest BCUT2D eigenvalue weighted by Gasteiger charge is 2.37. The van der Waals surface area contributed by atoms with Crippen molar-refractivity contribution >= 4 is 64.6 Å². The number of benzene rings is 14. The quantitative estimate of drug-likeness (QED) is 0.151. The monoisotopic (exact) mass is 990 g/mol. The van der Waals surface area contributed by atoms with E-state index in [0.717, 1.165) is 0 Å². The molecule has 0 N–H and O–H groups in total. The number of hydrogen-bond donors (Lipinski definition) is 0. The van der Waals surface area contributed by atoms with E-state index in [1.54, 1.807) is 0 Å². The molecule has 0 heteroatoms. The standard InChI is InChI=1S/C78H54/c1-77(2)73-29-17-15-27-59(73)61-37-33-51(41-75(61)77)65-46-72-68-40-50(31-35-57(68)66(45-70(72)56-26-14-12-24-54(56)65)52-34-38-62-60-28-16-18-30-74(60)78(3,4)76(62)42-52)49-32-36-58-67(39-49)64(48-21-9-6-10-22-48)44-69-55-25-13-11-23-53(55)63(43-71(58)69)47-19-7-5-8-20-47/h5-46H,1-4H3. The lowest BCUT2D eigenvalue weighted by atomic mass is 9.80. The van der Waals surface area contributed by atoms with Crippen LogP contribution in [0.5, 0.6) is 0 Å². The van der Waals surface area contributed by atoms with Crippen molar-refractivity contribution < 1.29 is 0 Å². The smallest absolute Gasteiger partial charge is 0.0159 e. The van der Waals surface area contributed by atoms with Crippen molar-refractivity contribution in [2.75, 3.05) is 0 Å². The van der Waals surface area contributed by atoms with Crippen molar-refractivity contribution in [2.45, 2.75) is 38.5 Å². The molecule has 0 aliphatic heterocycles. The highest BCUT2D eigenvalue weighted by molar-refractivity contribution is 6.26. The summed E-state index contributed by atoms with van der Waals surface area (Å²) in [6.45, 7) is 9.55. The van der Waals surface area contributed by atoms with E-state index in [9.17, 15) is 0 Å². The first-order valence-electron chi connectivity index (χ1n) is 27.6. The normalized spacial score (nSPS) is 13.8. The lowest BCUT2D eigenvalue weighted by molar-refractivity contribution is 0.660. The Kier molecular flexibility index (Phi) is 9.54. The fraction of sp³-hybridized carbons (Fsp3) is 0.0769. The van der Waals surface area contributed by atoms with Gasteiger partial charge in [0.25, 0.3) is 0 Å². The third-order valence-corrected chi connectivity index (χ3v) is 18.2. The minimum absolute atomic E-state index is 0.110. The Hall–Kier alpha value is -9.36. The largest absolute Gasteiger partial charge is 0.0622 e. The predicted octanol–water partition coefficient (Wildman–Crippen LogP) is 21.6. The van der Waals surface area contributed by atoms with E-state index in [1.807, 2.05) is 0 Å². The molecule has 0 radical (unpaired) electrons. The van der Waals surface area contributed by atoms with Gasteiger partial charge in [0.05, 0.1) is 0 Å². The maximum atomic E-state index is 2.52. The van der Waals surface area contributed by atoms with Gasteiger partial charge in [-0.1, -0.05) is 234 Å². The number of rotatable bonds is 5. The Bertz CT molecular complexity index is 4880. The van der Waals surface area contributed by atoms with Gasteiger partial charge in [-0.3, -0.25) is 0 Å². The summed E-state index contributed by atoms with van der Waals surface area (Å²) in [6, 6.07) is 96.8. The van der Waals surface area contributed by atoms with Crippen molar-refractivity contribution in [3.05, 3.63) is 277 Å². The van der Waals surface area contributed by atoms with Crippen molar-refractivity contribution in [3.8, 4) is 77.9 Å². The maximum absolute atomic E-state index is 2.52. The molecule has 366 valence electrons. The van der Waals surface area contributed by atoms with Crippen LogP contribution in [0.25, 0.3) is 143 Å². The molecule has 14 aromatic rings. The fourth-order valence-corrected chi connectivity index (χ4v) is 14.3. The van der Waals surface area contributed by atoms with E-state index >= 15 is 0 Å². The van der Waals surface area contributed by atoms with Crippen LogP contribution < -0.4 is 0 Å². The predicted molar refractivity (Wildman–Crippen MR) is 334 cm³/mol. The average Bonchev–Trinajstić information content (AvgIpc) is 3.95. The zero-order valence-corrected chi connectivity index (χ0v) is 44.2. The molecule has 0 atom stereocenters. The van der Waals surface area contributed by atoms with Crippen LogP contribution in [-0.2, 0) is 10.8 Å². The van der Waals surface area contributed by atoms with Gasteiger partial charge in [-0.25, -0.2) is 0 Å². The molecule has 0 nitrogen and oxygen atoms in total. The van der Waals surface area contributed by atoms with Crippen LogP contribution >= 0.6 is 0 Å². The van der Waals surface area contributed by atoms with Crippen LogP contribution in [0.2, 0.25) is 0 Å². The molecule has 0 heterocycles. The van der Waals surface area contributed by atoms with E-state index < -0.39 is 0 Å². The van der Waals surface area contributed by atoms with Crippen LogP contribution in [0.4, 0.5) is 0 Å². The van der Waals surface area contributed by atoms with E-state index in [2.05, 4.69) is 282 Å². The van der Waals surface area contributed by atoms with Gasteiger partial charge in [0.1, 0.15) is 0 Å². The summed E-state index contributed by atoms with van der Waals surface area (Å²) in [6.07, 6.45) is 0. The second-order valence-corrected chi connectivity index (χ2v) is 23.1. The van der Waals surface area contributed by atoms with Gasteiger partial charge < -0.3 is 0 Å². The first kappa shape index (κ1) is 44.9. The van der Waals surface area contributed by atoms with Gasteiger partial charge in [-0.15, -0.1) is 0 Å². The highest BCUT2D eigenvalue weighted by atomic mass is 14.4. The summed E-state index contributed by atoms with van der Waals surface area (Å²) < 4.78 is 0. The van der Waals surface area contributed by atoms with Gasteiger partial charge in [-0.05, 0) is 213 Å². The van der Waals surface area contributed by atoms with Gasteiger partial charge in [0, 0.05) is 10.8 Å². The summed E-state index contributed by atoms with van der Waals surface area (Å²) >= 11 is 0. The molecule has 0 bridgehead atoms. The molecule has 0 fully saturated rings. The molecule has 78 heavy (non-hydrogen) atoms. The molecule has 0 unspecified atom stereocenters. The third kappa shape index (κ3) is 6.47. The molecule has 0 spiro atoms. The SMILES string of the molecule is CC1(C)c2ccccc2-c2ccc(-c3cc4c5cc(-c6ccc7c(c6)c(-c6ccccc6)cc6c8ccccc8c(-c8ccccc8)cc76)ccc5c(-c5ccc6c(c5)C(C)(C)c5ccccc5-6)cc4c4ccccc34)cc21. The van der Waals surface area contributed by atoms with Crippen LogP contribution in [-0.4, -0.2) is 0 Å². The minimum Gasteiger partial charge on any atom is -0.0622 e. The van der Waals surface area contributed by atoms with Crippen LogP contribution in [0, 0.1) is 0 Å². The average molecular weight is 991 g/mol. The lowest BCUT2D eigenvalue weighted by Gasteiger charge is -2.23. The van der Waals surface area contributed by atoms with Crippen LogP contribution in [0.15, 0.2) is 255 Å². The van der Waals surface area contributed by atoms with Crippen molar-refractivity contribution in [1.82, 2.24) is 0 Å². The highest BCUT2D eigenvalue weighted by Crippen LogP contribution is 2.53. The minimum atomic E-state index is -0.120. The maximum Gasteiger partial charge on any atom is 0.0159 e. The Morgan fingerprint density at radius 1 is 0.167 bits per heavy atom. The molecule has 16 rings (SSSR count). The van der Waals surface area contributed by atoms with Crippen LogP contribution in [0.1, 0.15) is 49.9 Å². The van der Waals surface area contributed by atoms with Crippen LogP contribution in [0.3, 0.4) is 0 Å². The van der Waals surface area contributed by atoms with Gasteiger partial charge in [0.2, 0.25) is 0 Å².